The van der Waals surface area contributed by atoms with E-state index in [1.807, 2.05) is 62.4 Å². The average molecular weight is 585 g/mol. The largest absolute Gasteiger partial charge is 0.405 e. The van der Waals surface area contributed by atoms with Gasteiger partial charge in [0.25, 0.3) is 0 Å². The van der Waals surface area contributed by atoms with Gasteiger partial charge in [0.2, 0.25) is 5.91 Å². The van der Waals surface area contributed by atoms with Gasteiger partial charge >= 0.3 is 0 Å². The molecule has 0 radical (unpaired) electrons. The van der Waals surface area contributed by atoms with Gasteiger partial charge in [-0.05, 0) is 79.2 Å². The number of amides is 1. The number of nitrogens with one attached hydrogen (secondary N) is 3. The zero-order valence-electron chi connectivity index (χ0n) is 25.1. The minimum atomic E-state index is -0.0736. The molecular weight excluding hydrogens is 548 g/mol. The smallest absolute Gasteiger partial charge is 0.225 e. The van der Waals surface area contributed by atoms with Crippen molar-refractivity contribution in [2.45, 2.75) is 27.2 Å². The van der Waals surface area contributed by atoms with E-state index in [4.69, 9.17) is 5.73 Å². The van der Waals surface area contributed by atoms with Crippen LogP contribution in [0.15, 0.2) is 115 Å². The van der Waals surface area contributed by atoms with Crippen LogP contribution in [0.2, 0.25) is 0 Å². The Balaban J connectivity index is 0.000000382. The van der Waals surface area contributed by atoms with Crippen LogP contribution in [0.4, 0.5) is 5.82 Å². The number of hydrogen-bond acceptors (Lipinski definition) is 6. The Kier molecular flexibility index (Phi) is 10.5. The van der Waals surface area contributed by atoms with Crippen molar-refractivity contribution in [1.82, 2.24) is 25.1 Å². The summed E-state index contributed by atoms with van der Waals surface area (Å²) < 4.78 is 0. The monoisotopic (exact) mass is 584 g/mol. The number of pyridine rings is 2. The van der Waals surface area contributed by atoms with Gasteiger partial charge in [0.1, 0.15) is 5.82 Å². The van der Waals surface area contributed by atoms with E-state index < -0.39 is 0 Å². The molecule has 44 heavy (non-hydrogen) atoms. The van der Waals surface area contributed by atoms with Crippen molar-refractivity contribution < 1.29 is 4.79 Å². The molecule has 0 saturated heterocycles. The molecule has 4 heterocycles. The number of hydrogen-bond donors (Lipinski definition) is 4. The van der Waals surface area contributed by atoms with Gasteiger partial charge in [-0.3, -0.25) is 14.9 Å². The molecule has 4 aromatic heterocycles. The van der Waals surface area contributed by atoms with Gasteiger partial charge in [-0.15, -0.1) is 0 Å². The van der Waals surface area contributed by atoms with Crippen LogP contribution in [-0.4, -0.2) is 37.3 Å². The lowest BCUT2D eigenvalue weighted by Crippen LogP contribution is -2.10. The summed E-state index contributed by atoms with van der Waals surface area (Å²) in [6, 6.07) is 13.8. The van der Waals surface area contributed by atoms with E-state index >= 15 is 0 Å². The maximum atomic E-state index is 11.6. The summed E-state index contributed by atoms with van der Waals surface area (Å²) in [6.45, 7) is 13.4. The molecule has 1 aromatic carbocycles. The van der Waals surface area contributed by atoms with Crippen LogP contribution in [0.1, 0.15) is 32.8 Å². The van der Waals surface area contributed by atoms with Crippen LogP contribution in [0.25, 0.3) is 50.0 Å². The molecule has 5 aromatic rings. The number of benzene rings is 1. The first-order valence-electron chi connectivity index (χ1n) is 14.1. The number of allylic oxidation sites excluding steroid dienone is 6. The molecule has 0 bridgehead atoms. The lowest BCUT2D eigenvalue weighted by molar-refractivity contribution is -0.115. The Labute approximate surface area is 256 Å². The highest BCUT2D eigenvalue weighted by Gasteiger charge is 2.14. The van der Waals surface area contributed by atoms with Crippen molar-refractivity contribution in [2.75, 3.05) is 5.32 Å². The summed E-state index contributed by atoms with van der Waals surface area (Å²) in [4.78, 5) is 27.8. The maximum Gasteiger partial charge on any atom is 0.225 e. The fourth-order valence-electron chi connectivity index (χ4n) is 4.45. The van der Waals surface area contributed by atoms with Gasteiger partial charge in [-0.1, -0.05) is 44.4 Å². The molecule has 0 aliphatic rings. The molecule has 222 valence electrons. The summed E-state index contributed by atoms with van der Waals surface area (Å²) in [5.74, 6) is 0.448. The first-order valence-corrected chi connectivity index (χ1v) is 14.1. The van der Waals surface area contributed by atoms with E-state index in [1.165, 1.54) is 18.0 Å². The Bertz CT molecular complexity index is 1900. The van der Waals surface area contributed by atoms with E-state index in [-0.39, 0.29) is 5.91 Å². The van der Waals surface area contributed by atoms with Crippen molar-refractivity contribution >= 4 is 45.4 Å². The number of aromatic amines is 2. The Morgan fingerprint density at radius 2 is 1.91 bits per heavy atom. The Morgan fingerprint density at radius 3 is 2.61 bits per heavy atom. The number of H-pyrrole nitrogens is 2. The molecule has 0 aliphatic carbocycles. The quantitative estimate of drug-likeness (QED) is 0.104. The first-order chi connectivity index (χ1) is 21.4. The summed E-state index contributed by atoms with van der Waals surface area (Å²) in [5, 5.41) is 12.2. The highest BCUT2D eigenvalue weighted by Crippen LogP contribution is 2.33. The topological polar surface area (TPSA) is 138 Å². The van der Waals surface area contributed by atoms with Crippen molar-refractivity contribution in [2.24, 2.45) is 10.7 Å². The van der Waals surface area contributed by atoms with E-state index in [2.05, 4.69) is 54.7 Å². The number of carbonyl (C=O) groups excluding carboxylic acids is 1. The number of fused-ring (bicyclic) bond motifs is 2. The molecule has 5 rings (SSSR count). The normalized spacial score (nSPS) is 11.8. The number of nitrogens with zero attached hydrogens (tertiary/aromatic N) is 4. The third-order valence-electron chi connectivity index (χ3n) is 6.63. The second kappa shape index (κ2) is 14.9. The zero-order valence-corrected chi connectivity index (χ0v) is 25.1. The lowest BCUT2D eigenvalue weighted by atomic mass is 10.0. The predicted molar refractivity (Wildman–Crippen MR) is 183 cm³/mol. The van der Waals surface area contributed by atoms with Crippen molar-refractivity contribution in [3.05, 3.63) is 116 Å². The molecule has 9 nitrogen and oxygen atoms in total. The van der Waals surface area contributed by atoms with E-state index in [0.717, 1.165) is 49.9 Å². The standard InChI is InChI=1S/C26H23N7O.C9H13N/c1-3-24(34)31-23-8-7-16(13-28-23)17-11-20-25(32-33-26(20)29-14-17)22-12-19-18(15(2)9-10-27)5-4-6-21(19)30-22;1-4-6-9(3)7-8-10-5-2/h4-14,30H,2-3,27H2,1H3,(H,28,31,34)(H,29,32,33);4-8H,2H2,1,3H3/b10-9-;6-4+,9-7+,10-8?. The second-order valence-corrected chi connectivity index (χ2v) is 9.75. The zero-order chi connectivity index (χ0) is 31.5. The Morgan fingerprint density at radius 1 is 1.09 bits per heavy atom. The number of aliphatic imine (C=N–C) groups is 1. The summed E-state index contributed by atoms with van der Waals surface area (Å²) in [6.07, 6.45) is 16.4. The fourth-order valence-corrected chi connectivity index (χ4v) is 4.45. The van der Waals surface area contributed by atoms with Crippen molar-refractivity contribution in [3.8, 4) is 22.5 Å². The van der Waals surface area contributed by atoms with E-state index in [1.54, 1.807) is 37.7 Å². The van der Waals surface area contributed by atoms with Gasteiger partial charge in [-0.25, -0.2) is 9.97 Å². The minimum absolute atomic E-state index is 0.0736. The molecule has 0 spiro atoms. The van der Waals surface area contributed by atoms with Crippen LogP contribution < -0.4 is 11.1 Å². The van der Waals surface area contributed by atoms with Gasteiger partial charge in [-0.2, -0.15) is 5.10 Å². The number of aromatic nitrogens is 5. The molecule has 0 aliphatic heterocycles. The summed E-state index contributed by atoms with van der Waals surface area (Å²) >= 11 is 0. The highest BCUT2D eigenvalue weighted by atomic mass is 16.1. The molecule has 5 N–H and O–H groups in total. The van der Waals surface area contributed by atoms with Crippen LogP contribution in [-0.2, 0) is 4.79 Å². The number of carbonyl (C=O) groups is 1. The first kappa shape index (κ1) is 31.1. The number of anilines is 1. The lowest BCUT2D eigenvalue weighted by Gasteiger charge is -2.05. The second-order valence-electron chi connectivity index (χ2n) is 9.75. The minimum Gasteiger partial charge on any atom is -0.405 e. The van der Waals surface area contributed by atoms with Gasteiger partial charge in [0.05, 0.1) is 11.4 Å². The van der Waals surface area contributed by atoms with Crippen LogP contribution in [0, 0.1) is 0 Å². The maximum absolute atomic E-state index is 11.6. The average Bonchev–Trinajstić information content (AvgIpc) is 3.66. The molecule has 0 atom stereocenters. The summed E-state index contributed by atoms with van der Waals surface area (Å²) in [5.41, 5.74) is 13.7. The summed E-state index contributed by atoms with van der Waals surface area (Å²) in [7, 11) is 0. The van der Waals surface area contributed by atoms with Gasteiger partial charge < -0.3 is 16.0 Å². The van der Waals surface area contributed by atoms with Gasteiger partial charge in [0.15, 0.2) is 5.65 Å². The molecule has 0 fully saturated rings. The molecule has 0 saturated carbocycles. The predicted octanol–water partition coefficient (Wildman–Crippen LogP) is 7.73. The van der Waals surface area contributed by atoms with Crippen LogP contribution in [0.5, 0.6) is 0 Å². The van der Waals surface area contributed by atoms with E-state index in [0.29, 0.717) is 17.9 Å². The third-order valence-corrected chi connectivity index (χ3v) is 6.63. The number of nitrogens with two attached hydrogens (primary N) is 1. The van der Waals surface area contributed by atoms with Crippen molar-refractivity contribution in [3.63, 3.8) is 0 Å². The van der Waals surface area contributed by atoms with E-state index in [9.17, 15) is 4.79 Å². The molecule has 1 amide bonds. The van der Waals surface area contributed by atoms with Gasteiger partial charge in [0, 0.05) is 58.6 Å². The third kappa shape index (κ3) is 7.51. The fraction of sp³-hybridized carbons (Fsp3) is 0.114. The Hall–Kier alpha value is -5.83. The van der Waals surface area contributed by atoms with Crippen LogP contribution >= 0.6 is 0 Å². The number of rotatable bonds is 9. The van der Waals surface area contributed by atoms with Crippen LogP contribution in [0.3, 0.4) is 0 Å². The highest BCUT2D eigenvalue weighted by molar-refractivity contribution is 6.00. The molecule has 0 unspecified atom stereocenters. The molecule has 9 heteroatoms. The van der Waals surface area contributed by atoms with Crippen molar-refractivity contribution in [1.29, 1.82) is 0 Å². The molecular formula is C35H36N8O. The SMILES string of the molecule is C=C(/C=C\N)c1cccc2[nH]c(-c3[nH]nc4ncc(-c5ccc(NC(=O)CC)nc5)cc34)cc12.C=CN=C/C=C(C)/C=C/C.